The Labute approximate surface area is 108 Å². The third-order valence-corrected chi connectivity index (χ3v) is 2.97. The van der Waals surface area contributed by atoms with Gasteiger partial charge in [-0.05, 0) is 26.9 Å². The quantitative estimate of drug-likeness (QED) is 0.802. The van der Waals surface area contributed by atoms with E-state index in [2.05, 4.69) is 27.2 Å². The Bertz CT molecular complexity index is 398. The fourth-order valence-electron chi connectivity index (χ4n) is 2.11. The van der Waals surface area contributed by atoms with E-state index in [1.165, 1.54) is 0 Å². The van der Waals surface area contributed by atoms with Gasteiger partial charge in [-0.2, -0.15) is 0 Å². The molecule has 0 radical (unpaired) electrons. The normalized spacial score (nSPS) is 20.2. The van der Waals surface area contributed by atoms with Crippen molar-refractivity contribution in [3.05, 3.63) is 11.9 Å². The fourth-order valence-corrected chi connectivity index (χ4v) is 2.11. The monoisotopic (exact) mass is 251 g/mol. The van der Waals surface area contributed by atoms with Crippen molar-refractivity contribution in [2.75, 3.05) is 37.8 Å². The summed E-state index contributed by atoms with van der Waals surface area (Å²) in [5, 5.41) is 3.40. The van der Waals surface area contributed by atoms with Gasteiger partial charge in [-0.3, -0.25) is 0 Å². The maximum atomic E-state index is 5.78. The third kappa shape index (κ3) is 3.54. The molecule has 1 aliphatic rings. The minimum Gasteiger partial charge on any atom is -0.384 e. The summed E-state index contributed by atoms with van der Waals surface area (Å²) >= 11 is 0. The summed E-state index contributed by atoms with van der Waals surface area (Å²) in [6, 6.07) is 2.21. The van der Waals surface area contributed by atoms with Crippen molar-refractivity contribution in [2.24, 2.45) is 0 Å². The standard InChI is InChI=1S/C12H21N5O/c1-3-18-8-12-15-10(13)6-11(16-12)14-9-4-5-17(2)7-9/h6,9H,3-5,7-8H2,1-2H3,(H3,13,14,15,16). The first kappa shape index (κ1) is 13.0. The van der Waals surface area contributed by atoms with E-state index in [1.54, 1.807) is 6.07 Å². The Kier molecular flexibility index (Phi) is 4.33. The third-order valence-electron chi connectivity index (χ3n) is 2.97. The zero-order chi connectivity index (χ0) is 13.0. The van der Waals surface area contributed by atoms with E-state index >= 15 is 0 Å². The van der Waals surface area contributed by atoms with Crippen LogP contribution >= 0.6 is 0 Å². The molecule has 1 aromatic rings. The van der Waals surface area contributed by atoms with Gasteiger partial charge in [0, 0.05) is 25.3 Å². The van der Waals surface area contributed by atoms with Gasteiger partial charge >= 0.3 is 0 Å². The number of hydrogen-bond donors (Lipinski definition) is 2. The molecule has 3 N–H and O–H groups in total. The van der Waals surface area contributed by atoms with Crippen LogP contribution in [-0.2, 0) is 11.3 Å². The van der Waals surface area contributed by atoms with E-state index < -0.39 is 0 Å². The molecule has 0 aliphatic carbocycles. The van der Waals surface area contributed by atoms with Gasteiger partial charge in [0.1, 0.15) is 18.2 Å². The minimum absolute atomic E-state index is 0.404. The molecule has 0 saturated carbocycles. The van der Waals surface area contributed by atoms with E-state index in [-0.39, 0.29) is 0 Å². The molecular formula is C12H21N5O. The SMILES string of the molecule is CCOCc1nc(N)cc(NC2CCN(C)C2)n1. The molecule has 0 spiro atoms. The topological polar surface area (TPSA) is 76.3 Å². The molecular weight excluding hydrogens is 230 g/mol. The van der Waals surface area contributed by atoms with Crippen molar-refractivity contribution in [3.8, 4) is 0 Å². The first-order chi connectivity index (χ1) is 8.67. The van der Waals surface area contributed by atoms with Crippen LogP contribution in [0.5, 0.6) is 0 Å². The van der Waals surface area contributed by atoms with Gasteiger partial charge in [0.05, 0.1) is 0 Å². The molecule has 1 aromatic heterocycles. The van der Waals surface area contributed by atoms with Crippen LogP contribution < -0.4 is 11.1 Å². The number of aromatic nitrogens is 2. The summed E-state index contributed by atoms with van der Waals surface area (Å²) in [6.07, 6.45) is 1.13. The average Bonchev–Trinajstić information content (AvgIpc) is 2.71. The summed E-state index contributed by atoms with van der Waals surface area (Å²) < 4.78 is 5.30. The number of nitrogens with zero attached hydrogens (tertiary/aromatic N) is 3. The van der Waals surface area contributed by atoms with Crippen molar-refractivity contribution in [2.45, 2.75) is 26.0 Å². The van der Waals surface area contributed by atoms with E-state index in [1.807, 2.05) is 6.92 Å². The van der Waals surface area contributed by atoms with Crippen LogP contribution in [0.1, 0.15) is 19.2 Å². The predicted molar refractivity (Wildman–Crippen MR) is 71.3 cm³/mol. The van der Waals surface area contributed by atoms with Crippen LogP contribution in [0.2, 0.25) is 0 Å². The number of hydrogen-bond acceptors (Lipinski definition) is 6. The number of likely N-dealkylation sites (tertiary alicyclic amines) is 1. The van der Waals surface area contributed by atoms with Crippen LogP contribution in [0.25, 0.3) is 0 Å². The molecule has 0 bridgehead atoms. The highest BCUT2D eigenvalue weighted by atomic mass is 16.5. The number of anilines is 2. The second-order valence-electron chi connectivity index (χ2n) is 4.62. The van der Waals surface area contributed by atoms with Gasteiger partial charge in [-0.15, -0.1) is 0 Å². The van der Waals surface area contributed by atoms with Crippen LogP contribution in [0.3, 0.4) is 0 Å². The molecule has 18 heavy (non-hydrogen) atoms. The predicted octanol–water partition coefficient (Wildman–Crippen LogP) is 0.711. The number of nitrogens with one attached hydrogen (secondary N) is 1. The Morgan fingerprint density at radius 1 is 1.56 bits per heavy atom. The molecule has 6 heteroatoms. The summed E-state index contributed by atoms with van der Waals surface area (Å²) in [4.78, 5) is 10.9. The smallest absolute Gasteiger partial charge is 0.158 e. The summed E-state index contributed by atoms with van der Waals surface area (Å²) in [6.45, 7) is 5.14. The second-order valence-corrected chi connectivity index (χ2v) is 4.62. The van der Waals surface area contributed by atoms with E-state index in [0.717, 1.165) is 25.3 Å². The van der Waals surface area contributed by atoms with Crippen LogP contribution in [0.15, 0.2) is 6.07 Å². The van der Waals surface area contributed by atoms with Crippen LogP contribution in [0.4, 0.5) is 11.6 Å². The van der Waals surface area contributed by atoms with Crippen molar-refractivity contribution >= 4 is 11.6 Å². The number of nitrogen functional groups attached to an aromatic ring is 1. The van der Waals surface area contributed by atoms with Gasteiger partial charge in [0.2, 0.25) is 0 Å². The van der Waals surface area contributed by atoms with E-state index in [9.17, 15) is 0 Å². The highest BCUT2D eigenvalue weighted by molar-refractivity contribution is 5.45. The number of likely N-dealkylation sites (N-methyl/N-ethyl adjacent to an activating group) is 1. The zero-order valence-electron chi connectivity index (χ0n) is 11.0. The fraction of sp³-hybridized carbons (Fsp3) is 0.667. The van der Waals surface area contributed by atoms with Crippen molar-refractivity contribution < 1.29 is 4.74 Å². The molecule has 0 aromatic carbocycles. The van der Waals surface area contributed by atoms with Crippen molar-refractivity contribution in [1.29, 1.82) is 0 Å². The molecule has 1 atom stereocenters. The lowest BCUT2D eigenvalue weighted by Crippen LogP contribution is -2.24. The van der Waals surface area contributed by atoms with Crippen LogP contribution in [0, 0.1) is 0 Å². The maximum absolute atomic E-state index is 5.78. The van der Waals surface area contributed by atoms with Gasteiger partial charge in [0.15, 0.2) is 5.82 Å². The summed E-state index contributed by atoms with van der Waals surface area (Å²) in [5.41, 5.74) is 5.78. The number of ether oxygens (including phenoxy) is 1. The zero-order valence-corrected chi connectivity index (χ0v) is 11.0. The maximum Gasteiger partial charge on any atom is 0.158 e. The molecule has 100 valence electrons. The second kappa shape index (κ2) is 5.97. The Balaban J connectivity index is 2.00. The molecule has 2 heterocycles. The highest BCUT2D eigenvalue weighted by Gasteiger charge is 2.19. The molecule has 1 saturated heterocycles. The Hall–Kier alpha value is -1.40. The van der Waals surface area contributed by atoms with Gasteiger partial charge in [-0.1, -0.05) is 0 Å². The largest absolute Gasteiger partial charge is 0.384 e. The molecule has 2 rings (SSSR count). The van der Waals surface area contributed by atoms with E-state index in [0.29, 0.717) is 30.9 Å². The summed E-state index contributed by atoms with van der Waals surface area (Å²) in [7, 11) is 2.12. The minimum atomic E-state index is 0.404. The highest BCUT2D eigenvalue weighted by Crippen LogP contribution is 2.15. The van der Waals surface area contributed by atoms with Crippen molar-refractivity contribution in [3.63, 3.8) is 0 Å². The molecule has 1 aliphatic heterocycles. The van der Waals surface area contributed by atoms with E-state index in [4.69, 9.17) is 10.5 Å². The first-order valence-electron chi connectivity index (χ1n) is 6.33. The summed E-state index contributed by atoms with van der Waals surface area (Å²) in [5.74, 6) is 1.90. The van der Waals surface area contributed by atoms with Gasteiger partial charge in [0.25, 0.3) is 0 Å². The number of rotatable bonds is 5. The van der Waals surface area contributed by atoms with Crippen molar-refractivity contribution in [1.82, 2.24) is 14.9 Å². The van der Waals surface area contributed by atoms with Gasteiger partial charge < -0.3 is 20.7 Å². The Morgan fingerprint density at radius 2 is 2.39 bits per heavy atom. The number of nitrogens with two attached hydrogens (primary N) is 1. The lowest BCUT2D eigenvalue weighted by molar-refractivity contribution is 0.128. The first-order valence-corrected chi connectivity index (χ1v) is 6.33. The lowest BCUT2D eigenvalue weighted by atomic mass is 10.2. The molecule has 0 amide bonds. The van der Waals surface area contributed by atoms with Gasteiger partial charge in [-0.25, -0.2) is 9.97 Å². The Morgan fingerprint density at radius 3 is 3.06 bits per heavy atom. The molecule has 1 fully saturated rings. The molecule has 6 nitrogen and oxygen atoms in total. The molecule has 1 unspecified atom stereocenters. The average molecular weight is 251 g/mol. The van der Waals surface area contributed by atoms with Crippen LogP contribution in [-0.4, -0.2) is 47.7 Å². The lowest BCUT2D eigenvalue weighted by Gasteiger charge is -2.14.